The van der Waals surface area contributed by atoms with E-state index in [-0.39, 0.29) is 0 Å². The highest BCUT2D eigenvalue weighted by Gasteiger charge is 2.14. The molecule has 0 saturated carbocycles. The summed E-state index contributed by atoms with van der Waals surface area (Å²) in [5, 5.41) is 0. The molecule has 0 spiro atoms. The Kier molecular flexibility index (Phi) is 3.11. The predicted molar refractivity (Wildman–Crippen MR) is 56.9 cm³/mol. The van der Waals surface area contributed by atoms with E-state index < -0.39 is 0 Å². The van der Waals surface area contributed by atoms with Crippen molar-refractivity contribution < 1.29 is 4.74 Å². The molecule has 2 heterocycles. The Morgan fingerprint density at radius 2 is 2.00 bits per heavy atom. The first-order valence-electron chi connectivity index (χ1n) is 5.29. The van der Waals surface area contributed by atoms with Gasteiger partial charge in [0, 0.05) is 19.0 Å². The lowest BCUT2D eigenvalue weighted by atomic mass is 10.2. The molecule has 15 heavy (non-hydrogen) atoms. The van der Waals surface area contributed by atoms with Crippen LogP contribution >= 0.6 is 0 Å². The van der Waals surface area contributed by atoms with Gasteiger partial charge in [0.2, 0.25) is 5.95 Å². The van der Waals surface area contributed by atoms with E-state index in [4.69, 9.17) is 4.74 Å². The van der Waals surface area contributed by atoms with Crippen LogP contribution in [0.4, 0.5) is 5.95 Å². The number of aromatic nitrogens is 3. The van der Waals surface area contributed by atoms with Crippen molar-refractivity contribution in [1.82, 2.24) is 15.0 Å². The van der Waals surface area contributed by atoms with Gasteiger partial charge in [-0.15, -0.1) is 0 Å². The van der Waals surface area contributed by atoms with Gasteiger partial charge in [0.05, 0.1) is 13.2 Å². The fourth-order valence-electron chi connectivity index (χ4n) is 1.49. The van der Waals surface area contributed by atoms with Gasteiger partial charge in [0.15, 0.2) is 0 Å². The molecule has 0 bridgehead atoms. The number of morpholine rings is 1. The lowest BCUT2D eigenvalue weighted by Gasteiger charge is -2.26. The molecule has 0 amide bonds. The van der Waals surface area contributed by atoms with Crippen LogP contribution < -0.4 is 4.90 Å². The van der Waals surface area contributed by atoms with Gasteiger partial charge >= 0.3 is 0 Å². The first-order chi connectivity index (χ1) is 7.27. The Morgan fingerprint density at radius 1 is 1.27 bits per heavy atom. The Bertz CT molecular complexity index is 323. The van der Waals surface area contributed by atoms with E-state index in [9.17, 15) is 0 Å². The molecule has 0 atom stereocenters. The van der Waals surface area contributed by atoms with E-state index in [1.165, 1.54) is 0 Å². The van der Waals surface area contributed by atoms with Crippen molar-refractivity contribution in [2.45, 2.75) is 19.8 Å². The number of rotatable bonds is 2. The normalized spacial score (nSPS) is 17.1. The molecule has 0 N–H and O–H groups in total. The third-order valence-corrected chi connectivity index (χ3v) is 2.39. The van der Waals surface area contributed by atoms with Crippen molar-refractivity contribution in [3.05, 3.63) is 12.2 Å². The Balaban J connectivity index is 2.16. The van der Waals surface area contributed by atoms with E-state index in [0.29, 0.717) is 5.92 Å². The van der Waals surface area contributed by atoms with Crippen molar-refractivity contribution in [3.63, 3.8) is 0 Å². The number of ether oxygens (including phenoxy) is 1. The second-order valence-electron chi connectivity index (χ2n) is 3.90. The van der Waals surface area contributed by atoms with E-state index in [1.807, 2.05) is 0 Å². The van der Waals surface area contributed by atoms with Gasteiger partial charge in [-0.05, 0) is 0 Å². The van der Waals surface area contributed by atoms with Gasteiger partial charge in [-0.1, -0.05) is 13.8 Å². The number of hydrogen-bond donors (Lipinski definition) is 0. The standard InChI is InChI=1S/C10H16N4O/c1-8(2)9-11-7-12-10(13-9)14-3-5-15-6-4-14/h7-8H,3-6H2,1-2H3. The quantitative estimate of drug-likeness (QED) is 0.720. The smallest absolute Gasteiger partial charge is 0.228 e. The van der Waals surface area contributed by atoms with Crippen molar-refractivity contribution in [2.24, 2.45) is 0 Å². The maximum Gasteiger partial charge on any atom is 0.228 e. The summed E-state index contributed by atoms with van der Waals surface area (Å²) >= 11 is 0. The van der Waals surface area contributed by atoms with Crippen LogP contribution in [0, 0.1) is 0 Å². The highest BCUT2D eigenvalue weighted by atomic mass is 16.5. The number of anilines is 1. The molecule has 0 unspecified atom stereocenters. The molecule has 1 aliphatic rings. The van der Waals surface area contributed by atoms with Crippen LogP contribution in [0.3, 0.4) is 0 Å². The summed E-state index contributed by atoms with van der Waals surface area (Å²) in [6.45, 7) is 7.39. The zero-order chi connectivity index (χ0) is 10.7. The summed E-state index contributed by atoms with van der Waals surface area (Å²) < 4.78 is 5.29. The molecule has 1 fully saturated rings. The lowest BCUT2D eigenvalue weighted by Crippen LogP contribution is -2.37. The maximum absolute atomic E-state index is 5.29. The topological polar surface area (TPSA) is 51.1 Å². The lowest BCUT2D eigenvalue weighted by molar-refractivity contribution is 0.122. The molecule has 2 rings (SSSR count). The monoisotopic (exact) mass is 208 g/mol. The predicted octanol–water partition coefficient (Wildman–Crippen LogP) is 0.832. The summed E-state index contributed by atoms with van der Waals surface area (Å²) in [6.07, 6.45) is 1.59. The zero-order valence-corrected chi connectivity index (χ0v) is 9.18. The van der Waals surface area contributed by atoms with Crippen LogP contribution in [0.1, 0.15) is 25.6 Å². The van der Waals surface area contributed by atoms with Crippen LogP contribution in [0.25, 0.3) is 0 Å². The van der Waals surface area contributed by atoms with Crippen LogP contribution in [0.2, 0.25) is 0 Å². The first kappa shape index (κ1) is 10.3. The van der Waals surface area contributed by atoms with E-state index in [1.54, 1.807) is 6.33 Å². The van der Waals surface area contributed by atoms with Gasteiger partial charge in [-0.3, -0.25) is 0 Å². The molecule has 0 radical (unpaired) electrons. The third kappa shape index (κ3) is 2.41. The van der Waals surface area contributed by atoms with Crippen molar-refractivity contribution in [2.75, 3.05) is 31.2 Å². The van der Waals surface area contributed by atoms with Crippen molar-refractivity contribution in [3.8, 4) is 0 Å². The fourth-order valence-corrected chi connectivity index (χ4v) is 1.49. The molecule has 1 aromatic rings. The first-order valence-corrected chi connectivity index (χ1v) is 5.29. The average molecular weight is 208 g/mol. The maximum atomic E-state index is 5.29. The van der Waals surface area contributed by atoms with Crippen LogP contribution in [-0.4, -0.2) is 41.3 Å². The highest BCUT2D eigenvalue weighted by molar-refractivity contribution is 5.29. The summed E-state index contributed by atoms with van der Waals surface area (Å²) in [5.41, 5.74) is 0. The van der Waals surface area contributed by atoms with E-state index in [2.05, 4.69) is 33.7 Å². The zero-order valence-electron chi connectivity index (χ0n) is 9.18. The minimum absolute atomic E-state index is 0.341. The Morgan fingerprint density at radius 3 is 2.67 bits per heavy atom. The fraction of sp³-hybridized carbons (Fsp3) is 0.700. The summed E-state index contributed by atoms with van der Waals surface area (Å²) in [6, 6.07) is 0. The van der Waals surface area contributed by atoms with Crippen molar-refractivity contribution >= 4 is 5.95 Å². The van der Waals surface area contributed by atoms with Crippen LogP contribution in [-0.2, 0) is 4.74 Å². The number of nitrogens with zero attached hydrogens (tertiary/aromatic N) is 4. The second kappa shape index (κ2) is 4.53. The molecule has 1 aromatic heterocycles. The third-order valence-electron chi connectivity index (χ3n) is 2.39. The molecular formula is C10H16N4O. The second-order valence-corrected chi connectivity index (χ2v) is 3.90. The largest absolute Gasteiger partial charge is 0.378 e. The molecule has 0 aromatic carbocycles. The van der Waals surface area contributed by atoms with E-state index >= 15 is 0 Å². The van der Waals surface area contributed by atoms with Gasteiger partial charge in [-0.2, -0.15) is 4.98 Å². The number of hydrogen-bond acceptors (Lipinski definition) is 5. The average Bonchev–Trinajstić information content (AvgIpc) is 2.30. The van der Waals surface area contributed by atoms with Gasteiger partial charge in [-0.25, -0.2) is 9.97 Å². The minimum Gasteiger partial charge on any atom is -0.378 e. The van der Waals surface area contributed by atoms with E-state index in [0.717, 1.165) is 38.1 Å². The molecule has 0 aliphatic carbocycles. The molecular weight excluding hydrogens is 192 g/mol. The summed E-state index contributed by atoms with van der Waals surface area (Å²) in [7, 11) is 0. The molecule has 5 heteroatoms. The van der Waals surface area contributed by atoms with Crippen molar-refractivity contribution in [1.29, 1.82) is 0 Å². The minimum atomic E-state index is 0.341. The molecule has 5 nitrogen and oxygen atoms in total. The van der Waals surface area contributed by atoms with Gasteiger partial charge < -0.3 is 9.64 Å². The Labute approximate surface area is 89.5 Å². The summed E-state index contributed by atoms with van der Waals surface area (Å²) in [5.74, 6) is 1.97. The SMILES string of the molecule is CC(C)c1ncnc(N2CCOCC2)n1. The van der Waals surface area contributed by atoms with Crippen LogP contribution in [0.15, 0.2) is 6.33 Å². The van der Waals surface area contributed by atoms with Gasteiger partial charge in [0.1, 0.15) is 12.2 Å². The molecule has 1 saturated heterocycles. The molecule has 1 aliphatic heterocycles. The van der Waals surface area contributed by atoms with Crippen LogP contribution in [0.5, 0.6) is 0 Å². The summed E-state index contributed by atoms with van der Waals surface area (Å²) in [4.78, 5) is 14.9. The highest BCUT2D eigenvalue weighted by Crippen LogP contribution is 2.13. The molecule has 82 valence electrons. The Hall–Kier alpha value is -1.23. The van der Waals surface area contributed by atoms with Gasteiger partial charge in [0.25, 0.3) is 0 Å².